The summed E-state index contributed by atoms with van der Waals surface area (Å²) in [6, 6.07) is 7.09. The van der Waals surface area contributed by atoms with Crippen LogP contribution in [0.25, 0.3) is 0 Å². The van der Waals surface area contributed by atoms with E-state index in [0.29, 0.717) is 6.04 Å². The second-order valence-corrected chi connectivity index (χ2v) is 5.61. The molecule has 0 saturated heterocycles. The second-order valence-electron chi connectivity index (χ2n) is 5.61. The van der Waals surface area contributed by atoms with Crippen LogP contribution in [0.1, 0.15) is 49.3 Å². The van der Waals surface area contributed by atoms with Gasteiger partial charge in [-0.3, -0.25) is 0 Å². The van der Waals surface area contributed by atoms with Crippen molar-refractivity contribution in [3.8, 4) is 5.75 Å². The summed E-state index contributed by atoms with van der Waals surface area (Å²) in [5.41, 5.74) is 2.93. The van der Waals surface area contributed by atoms with E-state index in [0.717, 1.165) is 24.6 Å². The first-order chi connectivity index (χ1) is 8.90. The molecule has 98 valence electrons. The number of hydrogen-bond acceptors (Lipinski definition) is 2. The summed E-state index contributed by atoms with van der Waals surface area (Å²) >= 11 is 0. The number of benzene rings is 1. The van der Waals surface area contributed by atoms with Crippen molar-refractivity contribution in [3.63, 3.8) is 0 Å². The zero-order valence-electron chi connectivity index (χ0n) is 11.2. The van der Waals surface area contributed by atoms with E-state index < -0.39 is 0 Å². The molecule has 0 radical (unpaired) electrons. The first-order valence-corrected chi connectivity index (χ1v) is 7.29. The summed E-state index contributed by atoms with van der Waals surface area (Å²) in [4.78, 5) is 0. The predicted molar refractivity (Wildman–Crippen MR) is 74.0 cm³/mol. The summed E-state index contributed by atoms with van der Waals surface area (Å²) in [6.45, 7) is 1.09. The van der Waals surface area contributed by atoms with Gasteiger partial charge in [0, 0.05) is 11.6 Å². The SMILES string of the molecule is COc1cccc2c1CCNC2C1CCCCC1. The highest BCUT2D eigenvalue weighted by molar-refractivity contribution is 5.43. The van der Waals surface area contributed by atoms with Crippen LogP contribution in [0.2, 0.25) is 0 Å². The van der Waals surface area contributed by atoms with Crippen molar-refractivity contribution in [2.45, 2.75) is 44.6 Å². The lowest BCUT2D eigenvalue weighted by atomic mass is 9.78. The molecule has 0 amide bonds. The minimum absolute atomic E-state index is 0.559. The molecule has 1 aliphatic carbocycles. The molecule has 0 aromatic heterocycles. The van der Waals surface area contributed by atoms with E-state index in [1.165, 1.54) is 43.2 Å². The Hall–Kier alpha value is -1.02. The molecule has 1 atom stereocenters. The average molecular weight is 245 g/mol. The molecule has 0 spiro atoms. The van der Waals surface area contributed by atoms with Crippen molar-refractivity contribution in [1.82, 2.24) is 5.32 Å². The summed E-state index contributed by atoms with van der Waals surface area (Å²) in [7, 11) is 1.78. The van der Waals surface area contributed by atoms with E-state index in [4.69, 9.17) is 4.74 Å². The minimum atomic E-state index is 0.559. The monoisotopic (exact) mass is 245 g/mol. The fourth-order valence-electron chi connectivity index (χ4n) is 3.68. The van der Waals surface area contributed by atoms with Crippen molar-refractivity contribution in [2.24, 2.45) is 5.92 Å². The van der Waals surface area contributed by atoms with Gasteiger partial charge in [0.1, 0.15) is 5.75 Å². The van der Waals surface area contributed by atoms with Gasteiger partial charge in [-0.1, -0.05) is 31.4 Å². The van der Waals surface area contributed by atoms with Crippen LogP contribution in [-0.2, 0) is 6.42 Å². The standard InChI is InChI=1S/C16H23NO/c1-18-15-9-5-8-14-13(15)10-11-17-16(14)12-6-3-2-4-7-12/h5,8-9,12,16-17H,2-4,6-7,10-11H2,1H3. The van der Waals surface area contributed by atoms with E-state index in [9.17, 15) is 0 Å². The molecule has 1 saturated carbocycles. The van der Waals surface area contributed by atoms with Crippen LogP contribution in [0.4, 0.5) is 0 Å². The maximum atomic E-state index is 5.52. The van der Waals surface area contributed by atoms with E-state index in [2.05, 4.69) is 23.5 Å². The lowest BCUT2D eigenvalue weighted by Gasteiger charge is -2.36. The molecule has 2 heteroatoms. The number of rotatable bonds is 2. The molecule has 2 aliphatic rings. The molecule has 1 aromatic rings. The molecule has 18 heavy (non-hydrogen) atoms. The molecule has 0 bridgehead atoms. The maximum absolute atomic E-state index is 5.52. The van der Waals surface area contributed by atoms with E-state index in [1.54, 1.807) is 7.11 Å². The Morgan fingerprint density at radius 3 is 2.78 bits per heavy atom. The number of nitrogens with one attached hydrogen (secondary N) is 1. The summed E-state index contributed by atoms with van der Waals surface area (Å²) in [5, 5.41) is 3.74. The average Bonchev–Trinajstić information content (AvgIpc) is 2.47. The van der Waals surface area contributed by atoms with Crippen LogP contribution >= 0.6 is 0 Å². The summed E-state index contributed by atoms with van der Waals surface area (Å²) in [5.74, 6) is 1.90. The van der Waals surface area contributed by atoms with Crippen LogP contribution in [0, 0.1) is 5.92 Å². The van der Waals surface area contributed by atoms with Gasteiger partial charge in [-0.2, -0.15) is 0 Å². The van der Waals surface area contributed by atoms with E-state index in [-0.39, 0.29) is 0 Å². The van der Waals surface area contributed by atoms with Crippen LogP contribution in [0.5, 0.6) is 5.75 Å². The zero-order valence-corrected chi connectivity index (χ0v) is 11.2. The summed E-state index contributed by atoms with van der Waals surface area (Å²) in [6.07, 6.45) is 8.10. The fourth-order valence-corrected chi connectivity index (χ4v) is 3.68. The highest BCUT2D eigenvalue weighted by Gasteiger charge is 2.29. The maximum Gasteiger partial charge on any atom is 0.122 e. The van der Waals surface area contributed by atoms with Crippen LogP contribution in [0.3, 0.4) is 0 Å². The van der Waals surface area contributed by atoms with Crippen LogP contribution < -0.4 is 10.1 Å². The number of ether oxygens (including phenoxy) is 1. The highest BCUT2D eigenvalue weighted by Crippen LogP contribution is 2.39. The molecule has 2 nitrogen and oxygen atoms in total. The van der Waals surface area contributed by atoms with Gasteiger partial charge in [0.15, 0.2) is 0 Å². The van der Waals surface area contributed by atoms with Crippen molar-refractivity contribution >= 4 is 0 Å². The fraction of sp³-hybridized carbons (Fsp3) is 0.625. The van der Waals surface area contributed by atoms with Gasteiger partial charge in [0.25, 0.3) is 0 Å². The Morgan fingerprint density at radius 1 is 1.17 bits per heavy atom. The Morgan fingerprint density at radius 2 is 2.00 bits per heavy atom. The van der Waals surface area contributed by atoms with Gasteiger partial charge in [0.05, 0.1) is 7.11 Å². The summed E-state index contributed by atoms with van der Waals surface area (Å²) < 4.78 is 5.52. The predicted octanol–water partition coefficient (Wildman–Crippen LogP) is 3.46. The van der Waals surface area contributed by atoms with Gasteiger partial charge in [-0.05, 0) is 43.4 Å². The van der Waals surface area contributed by atoms with Crippen LogP contribution in [0.15, 0.2) is 18.2 Å². The van der Waals surface area contributed by atoms with E-state index in [1.807, 2.05) is 0 Å². The van der Waals surface area contributed by atoms with Gasteiger partial charge in [-0.25, -0.2) is 0 Å². The molecule has 1 aliphatic heterocycles. The number of hydrogen-bond donors (Lipinski definition) is 1. The molecular weight excluding hydrogens is 222 g/mol. The number of methoxy groups -OCH3 is 1. The highest BCUT2D eigenvalue weighted by atomic mass is 16.5. The minimum Gasteiger partial charge on any atom is -0.496 e. The van der Waals surface area contributed by atoms with Gasteiger partial charge in [0.2, 0.25) is 0 Å². The Bertz CT molecular complexity index is 410. The van der Waals surface area contributed by atoms with Crippen molar-refractivity contribution in [1.29, 1.82) is 0 Å². The third kappa shape index (κ3) is 2.14. The van der Waals surface area contributed by atoms with Gasteiger partial charge in [-0.15, -0.1) is 0 Å². The van der Waals surface area contributed by atoms with Gasteiger partial charge >= 0.3 is 0 Å². The molecular formula is C16H23NO. The van der Waals surface area contributed by atoms with Gasteiger partial charge < -0.3 is 10.1 Å². The first kappa shape index (κ1) is 12.0. The third-order valence-corrected chi connectivity index (χ3v) is 4.58. The smallest absolute Gasteiger partial charge is 0.122 e. The van der Waals surface area contributed by atoms with E-state index >= 15 is 0 Å². The Kier molecular flexibility index (Phi) is 3.55. The van der Waals surface area contributed by atoms with Crippen molar-refractivity contribution in [3.05, 3.63) is 29.3 Å². The normalized spacial score (nSPS) is 24.6. The molecule has 1 N–H and O–H groups in total. The molecule has 1 heterocycles. The molecule has 1 fully saturated rings. The lowest BCUT2D eigenvalue weighted by molar-refractivity contribution is 0.263. The molecule has 1 unspecified atom stereocenters. The largest absolute Gasteiger partial charge is 0.496 e. The Balaban J connectivity index is 1.91. The first-order valence-electron chi connectivity index (χ1n) is 7.29. The van der Waals surface area contributed by atoms with Crippen LogP contribution in [-0.4, -0.2) is 13.7 Å². The Labute approximate surface area is 110 Å². The van der Waals surface area contributed by atoms with Crippen molar-refractivity contribution < 1.29 is 4.74 Å². The lowest BCUT2D eigenvalue weighted by Crippen LogP contribution is -2.35. The zero-order chi connectivity index (χ0) is 12.4. The second kappa shape index (κ2) is 5.31. The third-order valence-electron chi connectivity index (χ3n) is 4.58. The van der Waals surface area contributed by atoms with Crippen molar-refractivity contribution in [2.75, 3.05) is 13.7 Å². The topological polar surface area (TPSA) is 21.3 Å². The molecule has 1 aromatic carbocycles. The number of fused-ring (bicyclic) bond motifs is 1. The molecule has 3 rings (SSSR count). The quantitative estimate of drug-likeness (QED) is 0.861.